The van der Waals surface area contributed by atoms with Gasteiger partial charge in [0.15, 0.2) is 6.73 Å². The van der Waals surface area contributed by atoms with Gasteiger partial charge in [0.1, 0.15) is 17.1 Å². The van der Waals surface area contributed by atoms with Crippen LogP contribution in [0.2, 0.25) is 0 Å². The fourth-order valence-corrected chi connectivity index (χ4v) is 1.98. The van der Waals surface area contributed by atoms with Crippen molar-refractivity contribution >= 4 is 5.69 Å². The van der Waals surface area contributed by atoms with Crippen LogP contribution >= 0.6 is 0 Å². The third kappa shape index (κ3) is 3.18. The lowest BCUT2D eigenvalue weighted by Crippen LogP contribution is -2.10. The van der Waals surface area contributed by atoms with Gasteiger partial charge in [0, 0.05) is 0 Å². The molecule has 0 atom stereocenters. The number of ether oxygens (including phenoxy) is 1. The molecule has 6 nitrogen and oxygen atoms in total. The van der Waals surface area contributed by atoms with Gasteiger partial charge in [-0.05, 0) is 32.0 Å². The van der Waals surface area contributed by atoms with Crippen molar-refractivity contribution in [2.75, 3.05) is 0 Å². The summed E-state index contributed by atoms with van der Waals surface area (Å²) in [5.41, 5.74) is -0.471. The highest BCUT2D eigenvalue weighted by molar-refractivity contribution is 5.39. The number of nitrogens with zero attached hydrogens (tertiary/aromatic N) is 3. The van der Waals surface area contributed by atoms with E-state index in [4.69, 9.17) is 4.74 Å². The maximum absolute atomic E-state index is 12.6. The molecule has 0 N–H and O–H groups in total. The predicted octanol–water partition coefficient (Wildman–Crippen LogP) is 3.46. The first-order chi connectivity index (χ1) is 10.2. The van der Waals surface area contributed by atoms with Gasteiger partial charge in [-0.25, -0.2) is 4.68 Å². The summed E-state index contributed by atoms with van der Waals surface area (Å²) in [6.07, 6.45) is -4.46. The van der Waals surface area contributed by atoms with Crippen molar-refractivity contribution in [1.82, 2.24) is 9.78 Å². The molecule has 0 unspecified atom stereocenters. The minimum absolute atomic E-state index is 0.00466. The van der Waals surface area contributed by atoms with Crippen molar-refractivity contribution in [1.29, 1.82) is 0 Å². The van der Waals surface area contributed by atoms with Crippen LogP contribution in [0.25, 0.3) is 0 Å². The van der Waals surface area contributed by atoms with Crippen molar-refractivity contribution in [2.24, 2.45) is 0 Å². The number of hydrogen-bond donors (Lipinski definition) is 0. The molecule has 0 saturated carbocycles. The van der Waals surface area contributed by atoms with Gasteiger partial charge in [-0.3, -0.25) is 10.1 Å². The third-order valence-corrected chi connectivity index (χ3v) is 3.04. The topological polar surface area (TPSA) is 70.2 Å². The number of nitro groups is 1. The second-order valence-corrected chi connectivity index (χ2v) is 4.58. The second-order valence-electron chi connectivity index (χ2n) is 4.58. The second kappa shape index (κ2) is 5.66. The van der Waals surface area contributed by atoms with Crippen LogP contribution in [0.15, 0.2) is 24.3 Å². The summed E-state index contributed by atoms with van der Waals surface area (Å²) in [5, 5.41) is 14.8. The minimum Gasteiger partial charge on any atom is -0.471 e. The molecule has 0 amide bonds. The van der Waals surface area contributed by atoms with Gasteiger partial charge >= 0.3 is 11.9 Å². The van der Waals surface area contributed by atoms with E-state index in [9.17, 15) is 23.3 Å². The van der Waals surface area contributed by atoms with Crippen LogP contribution in [-0.2, 0) is 12.9 Å². The first kappa shape index (κ1) is 15.8. The summed E-state index contributed by atoms with van der Waals surface area (Å²) in [6, 6.07) is 4.39. The van der Waals surface area contributed by atoms with Gasteiger partial charge < -0.3 is 4.74 Å². The fourth-order valence-electron chi connectivity index (χ4n) is 1.98. The molecule has 0 aliphatic carbocycles. The molecule has 0 aliphatic rings. The van der Waals surface area contributed by atoms with E-state index >= 15 is 0 Å². The molecule has 0 bridgehead atoms. The molecule has 0 radical (unpaired) electrons. The minimum atomic E-state index is -4.46. The van der Waals surface area contributed by atoms with Crippen molar-refractivity contribution in [3.63, 3.8) is 0 Å². The standard InChI is InChI=1S/C13H12F3N3O3/c1-8-12(19(20)21)9(2)18(17-8)7-22-11-5-3-4-10(6-11)13(14,15)16/h3-6H,7H2,1-2H3. The molecular weight excluding hydrogens is 303 g/mol. The Kier molecular flexibility index (Phi) is 4.07. The van der Waals surface area contributed by atoms with Crippen LogP contribution in [0.3, 0.4) is 0 Å². The lowest BCUT2D eigenvalue weighted by atomic mass is 10.2. The summed E-state index contributed by atoms with van der Waals surface area (Å²) in [5.74, 6) is 0.00466. The zero-order chi connectivity index (χ0) is 16.5. The maximum atomic E-state index is 12.6. The average Bonchev–Trinajstić information content (AvgIpc) is 2.70. The van der Waals surface area contributed by atoms with Gasteiger partial charge in [0.05, 0.1) is 10.5 Å². The highest BCUT2D eigenvalue weighted by Gasteiger charge is 2.30. The van der Waals surface area contributed by atoms with E-state index in [0.717, 1.165) is 12.1 Å². The van der Waals surface area contributed by atoms with Gasteiger partial charge in [-0.2, -0.15) is 18.3 Å². The van der Waals surface area contributed by atoms with Crippen LogP contribution in [0, 0.1) is 24.0 Å². The van der Waals surface area contributed by atoms with Crippen LogP contribution < -0.4 is 4.74 Å². The highest BCUT2D eigenvalue weighted by atomic mass is 19.4. The molecule has 9 heteroatoms. The Bertz CT molecular complexity index is 710. The normalized spacial score (nSPS) is 11.5. The van der Waals surface area contributed by atoms with Gasteiger partial charge in [0.25, 0.3) is 0 Å². The first-order valence-corrected chi connectivity index (χ1v) is 6.18. The quantitative estimate of drug-likeness (QED) is 0.640. The molecule has 2 rings (SSSR count). The summed E-state index contributed by atoms with van der Waals surface area (Å²) in [6.45, 7) is 2.75. The van der Waals surface area contributed by atoms with Crippen molar-refractivity contribution in [2.45, 2.75) is 26.8 Å². The summed E-state index contributed by atoms with van der Waals surface area (Å²) >= 11 is 0. The van der Waals surface area contributed by atoms with E-state index in [1.165, 1.54) is 30.7 Å². The molecule has 2 aromatic rings. The maximum Gasteiger partial charge on any atom is 0.416 e. The molecule has 1 aromatic heterocycles. The number of rotatable bonds is 4. The number of aromatic nitrogens is 2. The van der Waals surface area contributed by atoms with Gasteiger partial charge in [-0.15, -0.1) is 0 Å². The molecular formula is C13H12F3N3O3. The van der Waals surface area contributed by atoms with Gasteiger partial charge in [-0.1, -0.05) is 6.07 Å². The number of alkyl halides is 3. The number of benzene rings is 1. The average molecular weight is 315 g/mol. The van der Waals surface area contributed by atoms with E-state index in [0.29, 0.717) is 0 Å². The molecule has 0 spiro atoms. The van der Waals surface area contributed by atoms with E-state index in [2.05, 4.69) is 5.10 Å². The predicted molar refractivity (Wildman–Crippen MR) is 70.4 cm³/mol. The lowest BCUT2D eigenvalue weighted by molar-refractivity contribution is -0.386. The van der Waals surface area contributed by atoms with Crippen molar-refractivity contribution in [3.05, 3.63) is 51.3 Å². The van der Waals surface area contributed by atoms with E-state index in [-0.39, 0.29) is 29.6 Å². The molecule has 1 heterocycles. The molecule has 1 aromatic carbocycles. The van der Waals surface area contributed by atoms with Crippen LogP contribution in [0.4, 0.5) is 18.9 Å². The smallest absolute Gasteiger partial charge is 0.416 e. The molecule has 22 heavy (non-hydrogen) atoms. The monoisotopic (exact) mass is 315 g/mol. The zero-order valence-electron chi connectivity index (χ0n) is 11.7. The van der Waals surface area contributed by atoms with Crippen molar-refractivity contribution in [3.8, 4) is 5.75 Å². The van der Waals surface area contributed by atoms with Crippen molar-refractivity contribution < 1.29 is 22.8 Å². The fraction of sp³-hybridized carbons (Fsp3) is 0.308. The third-order valence-electron chi connectivity index (χ3n) is 3.04. The number of aryl methyl sites for hydroxylation is 1. The Morgan fingerprint density at radius 2 is 2.05 bits per heavy atom. The molecule has 0 fully saturated rings. The Morgan fingerprint density at radius 1 is 1.36 bits per heavy atom. The molecule has 0 saturated heterocycles. The summed E-state index contributed by atoms with van der Waals surface area (Å²) < 4.78 is 44.2. The van der Waals surface area contributed by atoms with E-state index in [1.807, 2.05) is 0 Å². The Labute approximate surface area is 123 Å². The molecule has 118 valence electrons. The zero-order valence-corrected chi connectivity index (χ0v) is 11.7. The first-order valence-electron chi connectivity index (χ1n) is 6.18. The highest BCUT2D eigenvalue weighted by Crippen LogP contribution is 2.31. The number of halogens is 3. The van der Waals surface area contributed by atoms with E-state index < -0.39 is 16.7 Å². The van der Waals surface area contributed by atoms with Crippen LogP contribution in [0.1, 0.15) is 17.0 Å². The Morgan fingerprint density at radius 3 is 2.59 bits per heavy atom. The van der Waals surface area contributed by atoms with Crippen LogP contribution in [0.5, 0.6) is 5.75 Å². The van der Waals surface area contributed by atoms with Gasteiger partial charge in [0.2, 0.25) is 0 Å². The Hall–Kier alpha value is -2.58. The summed E-state index contributed by atoms with van der Waals surface area (Å²) in [7, 11) is 0. The number of hydrogen-bond acceptors (Lipinski definition) is 4. The Balaban J connectivity index is 2.18. The largest absolute Gasteiger partial charge is 0.471 e. The summed E-state index contributed by atoms with van der Waals surface area (Å²) in [4.78, 5) is 10.3. The SMILES string of the molecule is Cc1nn(COc2cccc(C(F)(F)F)c2)c(C)c1[N+](=O)[O-]. The lowest BCUT2D eigenvalue weighted by Gasteiger charge is -2.10. The van der Waals surface area contributed by atoms with E-state index in [1.54, 1.807) is 0 Å². The molecule has 0 aliphatic heterocycles. The van der Waals surface area contributed by atoms with Crippen LogP contribution in [-0.4, -0.2) is 14.7 Å².